The Labute approximate surface area is 145 Å². The number of nitrogens with one attached hydrogen (secondary N) is 2. The highest BCUT2D eigenvalue weighted by atomic mass is 16.5. The second-order valence-electron chi connectivity index (χ2n) is 5.83. The Hall–Kier alpha value is -3.15. The molecule has 0 bridgehead atoms. The molecule has 6 heteroatoms. The van der Waals surface area contributed by atoms with Gasteiger partial charge in [-0.25, -0.2) is 0 Å². The summed E-state index contributed by atoms with van der Waals surface area (Å²) >= 11 is 0. The van der Waals surface area contributed by atoms with Crippen molar-refractivity contribution >= 4 is 16.8 Å². The minimum absolute atomic E-state index is 0.0502. The highest BCUT2D eigenvalue weighted by molar-refractivity contribution is 5.84. The Morgan fingerprint density at radius 2 is 2.04 bits per heavy atom. The predicted octanol–water partition coefficient (Wildman–Crippen LogP) is 2.49. The van der Waals surface area contributed by atoms with Crippen LogP contribution >= 0.6 is 0 Å². The summed E-state index contributed by atoms with van der Waals surface area (Å²) in [5.74, 6) is 0.521. The summed E-state index contributed by atoms with van der Waals surface area (Å²) < 4.78 is 5.04. The van der Waals surface area contributed by atoms with E-state index >= 15 is 0 Å². The van der Waals surface area contributed by atoms with Crippen LogP contribution in [-0.4, -0.2) is 34.8 Å². The molecule has 0 spiro atoms. The Morgan fingerprint density at radius 1 is 1.20 bits per heavy atom. The van der Waals surface area contributed by atoms with E-state index in [4.69, 9.17) is 4.74 Å². The van der Waals surface area contributed by atoms with Gasteiger partial charge < -0.3 is 25.3 Å². The molecule has 1 amide bonds. The van der Waals surface area contributed by atoms with Crippen LogP contribution in [0, 0.1) is 0 Å². The van der Waals surface area contributed by atoms with Crippen LogP contribution in [0.2, 0.25) is 0 Å². The van der Waals surface area contributed by atoms with Crippen molar-refractivity contribution < 1.29 is 19.7 Å². The van der Waals surface area contributed by atoms with Gasteiger partial charge in [-0.3, -0.25) is 4.79 Å². The van der Waals surface area contributed by atoms with E-state index in [1.54, 1.807) is 24.3 Å². The molecule has 3 rings (SSSR count). The number of carbonyl (C=O) groups excluding carboxylic acids is 1. The molecule has 1 heterocycles. The Kier molecular flexibility index (Phi) is 4.79. The third kappa shape index (κ3) is 3.85. The normalized spacial score (nSPS) is 10.8. The topological polar surface area (TPSA) is 94.6 Å². The van der Waals surface area contributed by atoms with E-state index in [9.17, 15) is 15.0 Å². The van der Waals surface area contributed by atoms with Gasteiger partial charge in [-0.1, -0.05) is 6.07 Å². The zero-order valence-electron chi connectivity index (χ0n) is 13.9. The number of phenols is 2. The molecule has 0 aliphatic rings. The molecule has 1 aromatic heterocycles. The number of benzene rings is 2. The van der Waals surface area contributed by atoms with E-state index < -0.39 is 0 Å². The maximum atomic E-state index is 12.1. The molecule has 0 saturated carbocycles. The molecule has 0 radical (unpaired) electrons. The maximum absolute atomic E-state index is 12.1. The number of H-pyrrole nitrogens is 1. The van der Waals surface area contributed by atoms with Crippen LogP contribution in [0.15, 0.2) is 42.6 Å². The minimum Gasteiger partial charge on any atom is -0.508 e. The number of fused-ring (bicyclic) bond motifs is 1. The van der Waals surface area contributed by atoms with Crippen LogP contribution in [0.25, 0.3) is 10.9 Å². The van der Waals surface area contributed by atoms with Crippen molar-refractivity contribution in [1.29, 1.82) is 0 Å². The molecular weight excluding hydrogens is 320 g/mol. The molecule has 0 unspecified atom stereocenters. The number of amides is 1. The fourth-order valence-electron chi connectivity index (χ4n) is 2.79. The van der Waals surface area contributed by atoms with Crippen molar-refractivity contribution in [3.63, 3.8) is 0 Å². The Balaban J connectivity index is 1.56. The minimum atomic E-state index is -0.101. The largest absolute Gasteiger partial charge is 0.508 e. The quantitative estimate of drug-likeness (QED) is 0.554. The van der Waals surface area contributed by atoms with E-state index in [1.165, 1.54) is 13.2 Å². The number of carbonyl (C=O) groups is 1. The SMILES string of the molecule is COc1cc(CC(=O)NCCc2c[nH]c3ccc(O)cc23)ccc1O. The Morgan fingerprint density at radius 3 is 2.84 bits per heavy atom. The van der Waals surface area contributed by atoms with Crippen molar-refractivity contribution in [3.05, 3.63) is 53.7 Å². The number of aromatic amines is 1. The van der Waals surface area contributed by atoms with Gasteiger partial charge in [0.05, 0.1) is 13.5 Å². The number of rotatable bonds is 6. The highest BCUT2D eigenvalue weighted by Crippen LogP contribution is 2.26. The summed E-state index contributed by atoms with van der Waals surface area (Å²) in [5, 5.41) is 23.0. The van der Waals surface area contributed by atoms with Gasteiger partial charge in [-0.05, 0) is 47.9 Å². The van der Waals surface area contributed by atoms with E-state index in [1.807, 2.05) is 12.3 Å². The van der Waals surface area contributed by atoms with Gasteiger partial charge in [0.25, 0.3) is 0 Å². The number of hydrogen-bond donors (Lipinski definition) is 4. The molecule has 0 fully saturated rings. The van der Waals surface area contributed by atoms with E-state index in [-0.39, 0.29) is 23.8 Å². The summed E-state index contributed by atoms with van der Waals surface area (Å²) in [7, 11) is 1.47. The van der Waals surface area contributed by atoms with Gasteiger partial charge in [0.15, 0.2) is 11.5 Å². The first kappa shape index (κ1) is 16.7. The van der Waals surface area contributed by atoms with Crippen LogP contribution in [0.3, 0.4) is 0 Å². The number of ether oxygens (including phenoxy) is 1. The monoisotopic (exact) mass is 340 g/mol. The fraction of sp³-hybridized carbons (Fsp3) is 0.211. The lowest BCUT2D eigenvalue weighted by Crippen LogP contribution is -2.27. The van der Waals surface area contributed by atoms with Gasteiger partial charge in [0.1, 0.15) is 5.75 Å². The molecule has 0 aliphatic carbocycles. The average molecular weight is 340 g/mol. The number of aromatic nitrogens is 1. The van der Waals surface area contributed by atoms with Crippen molar-refractivity contribution in [2.75, 3.05) is 13.7 Å². The summed E-state index contributed by atoms with van der Waals surface area (Å²) in [6.07, 6.45) is 2.76. The van der Waals surface area contributed by atoms with Gasteiger partial charge in [0, 0.05) is 23.6 Å². The third-order valence-corrected chi connectivity index (χ3v) is 4.08. The van der Waals surface area contributed by atoms with Gasteiger partial charge in [-0.2, -0.15) is 0 Å². The van der Waals surface area contributed by atoms with Crippen LogP contribution in [0.4, 0.5) is 0 Å². The molecule has 6 nitrogen and oxygen atoms in total. The molecule has 2 aromatic carbocycles. The number of phenolic OH excluding ortho intramolecular Hbond substituents is 2. The van der Waals surface area contributed by atoms with E-state index in [0.717, 1.165) is 22.0 Å². The molecule has 0 saturated heterocycles. The fourth-order valence-corrected chi connectivity index (χ4v) is 2.79. The summed E-state index contributed by atoms with van der Waals surface area (Å²) in [4.78, 5) is 15.2. The van der Waals surface area contributed by atoms with Crippen molar-refractivity contribution in [1.82, 2.24) is 10.3 Å². The number of methoxy groups -OCH3 is 1. The second kappa shape index (κ2) is 7.17. The van der Waals surface area contributed by atoms with Gasteiger partial charge >= 0.3 is 0 Å². The molecule has 130 valence electrons. The smallest absolute Gasteiger partial charge is 0.224 e. The molecule has 0 atom stereocenters. The molecule has 3 aromatic rings. The standard InChI is InChI=1S/C19H20N2O4/c1-25-18-8-12(2-5-17(18)23)9-19(24)20-7-6-13-11-21-16-4-3-14(22)10-15(13)16/h2-5,8,10-11,21-23H,6-7,9H2,1H3,(H,20,24). The van der Waals surface area contributed by atoms with Crippen molar-refractivity contribution in [2.24, 2.45) is 0 Å². The summed E-state index contributed by atoms with van der Waals surface area (Å²) in [5.41, 5.74) is 2.76. The van der Waals surface area contributed by atoms with Gasteiger partial charge in [-0.15, -0.1) is 0 Å². The second-order valence-corrected chi connectivity index (χ2v) is 5.83. The van der Waals surface area contributed by atoms with Crippen LogP contribution in [0.1, 0.15) is 11.1 Å². The summed E-state index contributed by atoms with van der Waals surface area (Å²) in [6, 6.07) is 10.0. The number of hydrogen-bond acceptors (Lipinski definition) is 4. The first-order valence-electron chi connectivity index (χ1n) is 7.98. The Bertz CT molecular complexity index is 902. The van der Waals surface area contributed by atoms with Crippen molar-refractivity contribution in [3.8, 4) is 17.2 Å². The molecule has 4 N–H and O–H groups in total. The van der Waals surface area contributed by atoms with Gasteiger partial charge in [0.2, 0.25) is 5.91 Å². The first-order valence-corrected chi connectivity index (χ1v) is 7.98. The molecule has 0 aliphatic heterocycles. The number of aromatic hydroxyl groups is 2. The third-order valence-electron chi connectivity index (χ3n) is 4.08. The zero-order valence-corrected chi connectivity index (χ0v) is 13.9. The van der Waals surface area contributed by atoms with Crippen molar-refractivity contribution in [2.45, 2.75) is 12.8 Å². The lowest BCUT2D eigenvalue weighted by Gasteiger charge is -2.08. The lowest BCUT2D eigenvalue weighted by molar-refractivity contribution is -0.120. The molecule has 25 heavy (non-hydrogen) atoms. The van der Waals surface area contributed by atoms with Crippen LogP contribution < -0.4 is 10.1 Å². The lowest BCUT2D eigenvalue weighted by atomic mass is 10.1. The maximum Gasteiger partial charge on any atom is 0.224 e. The van der Waals surface area contributed by atoms with E-state index in [2.05, 4.69) is 10.3 Å². The molecular formula is C19H20N2O4. The predicted molar refractivity (Wildman–Crippen MR) is 95.0 cm³/mol. The zero-order chi connectivity index (χ0) is 17.8. The summed E-state index contributed by atoms with van der Waals surface area (Å²) in [6.45, 7) is 0.497. The average Bonchev–Trinajstić information content (AvgIpc) is 2.99. The van der Waals surface area contributed by atoms with E-state index in [0.29, 0.717) is 18.7 Å². The highest BCUT2D eigenvalue weighted by Gasteiger charge is 2.08. The van der Waals surface area contributed by atoms with Crippen LogP contribution in [-0.2, 0) is 17.6 Å². The first-order chi connectivity index (χ1) is 12.1. The van der Waals surface area contributed by atoms with Crippen LogP contribution in [0.5, 0.6) is 17.2 Å².